The summed E-state index contributed by atoms with van der Waals surface area (Å²) in [6.07, 6.45) is 9.24. The first kappa shape index (κ1) is 13.9. The summed E-state index contributed by atoms with van der Waals surface area (Å²) in [4.78, 5) is 11.5. The van der Waals surface area contributed by atoms with E-state index < -0.39 is 5.97 Å². The fourth-order valence-corrected chi connectivity index (χ4v) is 3.20. The minimum absolute atomic E-state index is 0.387. The molecule has 0 heterocycles. The van der Waals surface area contributed by atoms with E-state index >= 15 is 0 Å². The Kier molecular flexibility index (Phi) is 5.67. The Bertz CT molecular complexity index is 214. The van der Waals surface area contributed by atoms with Crippen LogP contribution in [0.3, 0.4) is 0 Å². The van der Waals surface area contributed by atoms with Crippen molar-refractivity contribution in [2.75, 3.05) is 12.0 Å². The summed E-state index contributed by atoms with van der Waals surface area (Å²) >= 11 is 1.81. The van der Waals surface area contributed by atoms with Crippen molar-refractivity contribution in [2.45, 2.75) is 51.9 Å². The molecule has 1 aliphatic carbocycles. The van der Waals surface area contributed by atoms with E-state index in [0.717, 1.165) is 50.2 Å². The lowest BCUT2D eigenvalue weighted by Gasteiger charge is -2.36. The maximum atomic E-state index is 11.5. The van der Waals surface area contributed by atoms with Gasteiger partial charge in [0.1, 0.15) is 0 Å². The van der Waals surface area contributed by atoms with Crippen molar-refractivity contribution >= 4 is 17.7 Å². The lowest BCUT2D eigenvalue weighted by atomic mass is 9.67. The van der Waals surface area contributed by atoms with Crippen molar-refractivity contribution in [3.05, 3.63) is 0 Å². The monoisotopic (exact) mass is 244 g/mol. The predicted molar refractivity (Wildman–Crippen MR) is 69.9 cm³/mol. The Morgan fingerprint density at radius 1 is 1.44 bits per heavy atom. The normalized spacial score (nSPS) is 30.2. The van der Waals surface area contributed by atoms with Gasteiger partial charge in [0.25, 0.3) is 0 Å². The zero-order valence-corrected chi connectivity index (χ0v) is 11.3. The van der Waals surface area contributed by atoms with Crippen LogP contribution in [0.4, 0.5) is 0 Å². The second kappa shape index (κ2) is 6.53. The molecule has 1 N–H and O–H groups in total. The fourth-order valence-electron chi connectivity index (χ4n) is 2.76. The third-order valence-corrected chi connectivity index (χ3v) is 4.79. The fraction of sp³-hybridized carbons (Fsp3) is 0.923. The Balaban J connectivity index is 2.51. The zero-order chi connectivity index (χ0) is 12.0. The van der Waals surface area contributed by atoms with Gasteiger partial charge in [0, 0.05) is 0 Å². The molecule has 2 nitrogen and oxygen atoms in total. The molecule has 0 saturated heterocycles. The molecule has 0 amide bonds. The largest absolute Gasteiger partial charge is 0.481 e. The quantitative estimate of drug-likeness (QED) is 0.722. The number of carboxylic acid groups (broad SMARTS) is 1. The molecule has 0 bridgehead atoms. The molecular formula is C13H24O2S. The highest BCUT2D eigenvalue weighted by atomic mass is 32.2. The van der Waals surface area contributed by atoms with Gasteiger partial charge in [0.15, 0.2) is 0 Å². The SMILES string of the molecule is CCC1CCC(CCCSC)(C(=O)O)CC1. The Morgan fingerprint density at radius 3 is 2.50 bits per heavy atom. The smallest absolute Gasteiger partial charge is 0.309 e. The van der Waals surface area contributed by atoms with Crippen molar-refractivity contribution < 1.29 is 9.90 Å². The molecular weight excluding hydrogens is 220 g/mol. The standard InChI is InChI=1S/C13H24O2S/c1-3-11-5-8-13(9-6-11,12(14)15)7-4-10-16-2/h11H,3-10H2,1-2H3,(H,14,15). The lowest BCUT2D eigenvalue weighted by molar-refractivity contribution is -0.152. The minimum Gasteiger partial charge on any atom is -0.481 e. The highest BCUT2D eigenvalue weighted by molar-refractivity contribution is 7.98. The molecule has 1 aliphatic rings. The Morgan fingerprint density at radius 2 is 2.06 bits per heavy atom. The first-order valence-corrected chi connectivity index (χ1v) is 7.76. The van der Waals surface area contributed by atoms with E-state index in [4.69, 9.17) is 0 Å². The lowest BCUT2D eigenvalue weighted by Crippen LogP contribution is -2.35. The van der Waals surface area contributed by atoms with Gasteiger partial charge in [0.2, 0.25) is 0 Å². The van der Waals surface area contributed by atoms with Crippen molar-refractivity contribution in [3.63, 3.8) is 0 Å². The molecule has 0 unspecified atom stereocenters. The van der Waals surface area contributed by atoms with E-state index in [1.165, 1.54) is 6.42 Å². The van der Waals surface area contributed by atoms with Crippen molar-refractivity contribution in [3.8, 4) is 0 Å². The van der Waals surface area contributed by atoms with Crippen LogP contribution in [-0.2, 0) is 4.79 Å². The average Bonchev–Trinajstić information content (AvgIpc) is 2.30. The number of carboxylic acids is 1. The summed E-state index contributed by atoms with van der Waals surface area (Å²) < 4.78 is 0. The molecule has 1 rings (SSSR count). The maximum absolute atomic E-state index is 11.5. The molecule has 0 atom stereocenters. The number of hydrogen-bond donors (Lipinski definition) is 1. The van der Waals surface area contributed by atoms with Gasteiger partial charge in [-0.1, -0.05) is 13.3 Å². The van der Waals surface area contributed by atoms with Crippen molar-refractivity contribution in [2.24, 2.45) is 11.3 Å². The number of hydrogen-bond acceptors (Lipinski definition) is 2. The topological polar surface area (TPSA) is 37.3 Å². The van der Waals surface area contributed by atoms with Crippen LogP contribution in [0, 0.1) is 11.3 Å². The molecule has 0 radical (unpaired) electrons. The van der Waals surface area contributed by atoms with Gasteiger partial charge in [0.05, 0.1) is 5.41 Å². The second-order valence-electron chi connectivity index (χ2n) is 5.03. The Hall–Kier alpha value is -0.180. The van der Waals surface area contributed by atoms with Gasteiger partial charge in [-0.25, -0.2) is 0 Å². The van der Waals surface area contributed by atoms with Crippen LogP contribution in [0.5, 0.6) is 0 Å². The van der Waals surface area contributed by atoms with Crippen LogP contribution >= 0.6 is 11.8 Å². The van der Waals surface area contributed by atoms with E-state index in [-0.39, 0.29) is 5.41 Å². The molecule has 3 heteroatoms. The van der Waals surface area contributed by atoms with Crippen LogP contribution in [-0.4, -0.2) is 23.1 Å². The molecule has 0 aliphatic heterocycles. The van der Waals surface area contributed by atoms with Crippen molar-refractivity contribution in [1.82, 2.24) is 0 Å². The van der Waals surface area contributed by atoms with E-state index in [9.17, 15) is 9.90 Å². The van der Waals surface area contributed by atoms with Crippen LogP contribution in [0.1, 0.15) is 51.9 Å². The molecule has 0 aromatic rings. The summed E-state index contributed by atoms with van der Waals surface area (Å²) in [5, 5.41) is 9.44. The number of rotatable bonds is 6. The van der Waals surface area contributed by atoms with Gasteiger partial charge in [-0.15, -0.1) is 0 Å². The molecule has 0 aromatic heterocycles. The summed E-state index contributed by atoms with van der Waals surface area (Å²) in [6, 6.07) is 0. The van der Waals surface area contributed by atoms with E-state index in [1.54, 1.807) is 0 Å². The zero-order valence-electron chi connectivity index (χ0n) is 10.5. The Labute approximate surface area is 103 Å². The first-order chi connectivity index (χ1) is 7.64. The first-order valence-electron chi connectivity index (χ1n) is 6.37. The molecule has 0 spiro atoms. The van der Waals surface area contributed by atoms with Gasteiger partial charge in [-0.3, -0.25) is 4.79 Å². The van der Waals surface area contributed by atoms with Gasteiger partial charge >= 0.3 is 5.97 Å². The van der Waals surface area contributed by atoms with Crippen LogP contribution in [0.2, 0.25) is 0 Å². The summed E-state index contributed by atoms with van der Waals surface area (Å²) in [5.74, 6) is 1.31. The summed E-state index contributed by atoms with van der Waals surface area (Å²) in [6.45, 7) is 2.21. The third kappa shape index (κ3) is 3.41. The predicted octanol–water partition coefficient (Wildman–Crippen LogP) is 3.80. The van der Waals surface area contributed by atoms with E-state index in [1.807, 2.05) is 11.8 Å². The van der Waals surface area contributed by atoms with Gasteiger partial charge in [-0.05, 0) is 56.5 Å². The number of carbonyl (C=O) groups is 1. The van der Waals surface area contributed by atoms with Crippen LogP contribution < -0.4 is 0 Å². The second-order valence-corrected chi connectivity index (χ2v) is 6.02. The number of thioether (sulfide) groups is 1. The summed E-state index contributed by atoms with van der Waals surface area (Å²) in [7, 11) is 0. The summed E-state index contributed by atoms with van der Waals surface area (Å²) in [5.41, 5.74) is -0.387. The molecule has 1 fully saturated rings. The molecule has 0 aromatic carbocycles. The van der Waals surface area contributed by atoms with Crippen LogP contribution in [0.25, 0.3) is 0 Å². The highest BCUT2D eigenvalue weighted by Crippen LogP contribution is 2.43. The molecule has 16 heavy (non-hydrogen) atoms. The van der Waals surface area contributed by atoms with Gasteiger partial charge in [-0.2, -0.15) is 11.8 Å². The molecule has 1 saturated carbocycles. The molecule has 94 valence electrons. The average molecular weight is 244 g/mol. The maximum Gasteiger partial charge on any atom is 0.309 e. The highest BCUT2D eigenvalue weighted by Gasteiger charge is 2.40. The van der Waals surface area contributed by atoms with Gasteiger partial charge < -0.3 is 5.11 Å². The van der Waals surface area contributed by atoms with E-state index in [2.05, 4.69) is 13.2 Å². The van der Waals surface area contributed by atoms with Crippen LogP contribution in [0.15, 0.2) is 0 Å². The minimum atomic E-state index is -0.553. The van der Waals surface area contributed by atoms with E-state index in [0.29, 0.717) is 0 Å². The third-order valence-electron chi connectivity index (χ3n) is 4.10. The van der Waals surface area contributed by atoms with Crippen molar-refractivity contribution in [1.29, 1.82) is 0 Å². The number of aliphatic carboxylic acids is 1.